The molecule has 1 unspecified atom stereocenters. The van der Waals surface area contributed by atoms with Crippen LogP contribution in [-0.4, -0.2) is 29.6 Å². The van der Waals surface area contributed by atoms with Crippen LogP contribution in [-0.2, 0) is 14.8 Å². The SMILES string of the molecule is O=C(O)[C@]1(NS(=O)(=O)C2CC=C(c3ccc(Cl)cc3Cl)S2)C[C@@H]1c1ccccc1. The van der Waals surface area contributed by atoms with E-state index in [2.05, 4.69) is 4.72 Å². The predicted molar refractivity (Wildman–Crippen MR) is 117 cm³/mol. The molecule has 0 amide bonds. The van der Waals surface area contributed by atoms with Crippen LogP contribution in [0.25, 0.3) is 4.91 Å². The Hall–Kier alpha value is -1.51. The average molecular weight is 470 g/mol. The second-order valence-electron chi connectivity index (χ2n) is 7.07. The van der Waals surface area contributed by atoms with E-state index in [4.69, 9.17) is 23.2 Å². The maximum atomic E-state index is 13.0. The number of carboxylic acids is 1. The van der Waals surface area contributed by atoms with E-state index in [1.807, 2.05) is 30.3 Å². The van der Waals surface area contributed by atoms with Crippen molar-refractivity contribution in [2.24, 2.45) is 0 Å². The summed E-state index contributed by atoms with van der Waals surface area (Å²) in [5.74, 6) is -1.55. The number of thioether (sulfide) groups is 1. The summed E-state index contributed by atoms with van der Waals surface area (Å²) in [5, 5.41) is 10.7. The molecule has 5 nitrogen and oxygen atoms in total. The molecular formula is C20H17Cl2NO4S2. The summed E-state index contributed by atoms with van der Waals surface area (Å²) in [4.78, 5) is 12.7. The summed E-state index contributed by atoms with van der Waals surface area (Å²) < 4.78 is 27.7. The number of rotatable bonds is 6. The largest absolute Gasteiger partial charge is 0.480 e. The minimum atomic E-state index is -3.89. The zero-order chi connectivity index (χ0) is 20.8. The summed E-state index contributed by atoms with van der Waals surface area (Å²) in [6.07, 6.45) is 2.30. The number of hydrogen-bond acceptors (Lipinski definition) is 4. The van der Waals surface area contributed by atoms with Crippen molar-refractivity contribution in [3.8, 4) is 0 Å². The van der Waals surface area contributed by atoms with Gasteiger partial charge in [-0.1, -0.05) is 65.7 Å². The van der Waals surface area contributed by atoms with Crippen molar-refractivity contribution < 1.29 is 18.3 Å². The summed E-state index contributed by atoms with van der Waals surface area (Å²) in [6, 6.07) is 14.1. The van der Waals surface area contributed by atoms with E-state index in [9.17, 15) is 18.3 Å². The van der Waals surface area contributed by atoms with E-state index in [1.54, 1.807) is 24.3 Å². The third-order valence-corrected chi connectivity index (χ3v) is 9.39. The van der Waals surface area contributed by atoms with Crippen LogP contribution in [0.3, 0.4) is 0 Å². The van der Waals surface area contributed by atoms with Crippen LogP contribution in [0, 0.1) is 0 Å². The van der Waals surface area contributed by atoms with Crippen molar-refractivity contribution >= 4 is 55.9 Å². The van der Waals surface area contributed by atoms with Crippen LogP contribution in [0.1, 0.15) is 29.9 Å². The number of benzene rings is 2. The molecule has 0 radical (unpaired) electrons. The van der Waals surface area contributed by atoms with Gasteiger partial charge in [0.2, 0.25) is 10.0 Å². The maximum Gasteiger partial charge on any atom is 0.325 e. The van der Waals surface area contributed by atoms with Crippen LogP contribution in [0.5, 0.6) is 0 Å². The predicted octanol–water partition coefficient (Wildman–Crippen LogP) is 4.73. The molecule has 1 aliphatic carbocycles. The normalized spacial score (nSPS) is 26.2. The maximum absolute atomic E-state index is 13.0. The highest BCUT2D eigenvalue weighted by Crippen LogP contribution is 2.53. The Balaban J connectivity index is 1.52. The summed E-state index contributed by atoms with van der Waals surface area (Å²) in [5.41, 5.74) is 0.0188. The van der Waals surface area contributed by atoms with Crippen molar-refractivity contribution in [2.75, 3.05) is 0 Å². The van der Waals surface area contributed by atoms with Crippen molar-refractivity contribution in [1.82, 2.24) is 4.72 Å². The minimum absolute atomic E-state index is 0.228. The van der Waals surface area contributed by atoms with Crippen LogP contribution in [0.15, 0.2) is 54.6 Å². The molecule has 152 valence electrons. The fourth-order valence-electron chi connectivity index (χ4n) is 3.56. The summed E-state index contributed by atoms with van der Waals surface area (Å²) >= 11 is 13.3. The molecule has 4 rings (SSSR count). The van der Waals surface area contributed by atoms with Crippen molar-refractivity contribution in [1.29, 1.82) is 0 Å². The van der Waals surface area contributed by atoms with Crippen molar-refractivity contribution in [3.05, 3.63) is 75.8 Å². The molecule has 0 spiro atoms. The highest BCUT2D eigenvalue weighted by molar-refractivity contribution is 8.18. The van der Waals surface area contributed by atoms with Gasteiger partial charge in [-0.05, 0) is 30.5 Å². The van der Waals surface area contributed by atoms with Gasteiger partial charge in [0.05, 0.1) is 5.02 Å². The number of hydrogen-bond donors (Lipinski definition) is 2. The van der Waals surface area contributed by atoms with E-state index in [1.165, 1.54) is 0 Å². The molecule has 1 heterocycles. The van der Waals surface area contributed by atoms with Gasteiger partial charge in [-0.3, -0.25) is 4.79 Å². The number of allylic oxidation sites excluding steroid dienone is 1. The molecule has 0 aromatic heterocycles. The fourth-order valence-corrected chi connectivity index (χ4v) is 7.36. The number of aliphatic carboxylic acids is 1. The second kappa shape index (κ2) is 7.63. The third kappa shape index (κ3) is 3.94. The van der Waals surface area contributed by atoms with Gasteiger partial charge in [0.1, 0.15) is 10.1 Å². The van der Waals surface area contributed by atoms with Gasteiger partial charge in [-0.15, -0.1) is 11.8 Å². The lowest BCUT2D eigenvalue weighted by Crippen LogP contribution is -2.47. The Morgan fingerprint density at radius 2 is 1.90 bits per heavy atom. The second-order valence-corrected chi connectivity index (χ2v) is 11.3. The quantitative estimate of drug-likeness (QED) is 0.638. The molecule has 2 N–H and O–H groups in total. The van der Waals surface area contributed by atoms with E-state index >= 15 is 0 Å². The molecule has 0 saturated heterocycles. The van der Waals surface area contributed by atoms with Crippen LogP contribution < -0.4 is 4.72 Å². The van der Waals surface area contributed by atoms with Gasteiger partial charge in [-0.25, -0.2) is 8.42 Å². The first-order valence-corrected chi connectivity index (χ1v) is 12.0. The topological polar surface area (TPSA) is 83.5 Å². The zero-order valence-electron chi connectivity index (χ0n) is 15.0. The average Bonchev–Trinajstić information content (AvgIpc) is 3.17. The molecule has 2 aromatic carbocycles. The van der Waals surface area contributed by atoms with Gasteiger partial charge in [0.25, 0.3) is 0 Å². The highest BCUT2D eigenvalue weighted by atomic mass is 35.5. The number of halogens is 2. The van der Waals surface area contributed by atoms with Crippen molar-refractivity contribution in [3.63, 3.8) is 0 Å². The molecule has 1 saturated carbocycles. The van der Waals surface area contributed by atoms with Gasteiger partial charge < -0.3 is 5.11 Å². The van der Waals surface area contributed by atoms with Crippen LogP contribution >= 0.6 is 35.0 Å². The Morgan fingerprint density at radius 3 is 2.55 bits per heavy atom. The number of sulfonamides is 1. The van der Waals surface area contributed by atoms with Crippen LogP contribution in [0.2, 0.25) is 10.0 Å². The molecule has 2 aromatic rings. The Kier molecular flexibility index (Phi) is 5.46. The third-order valence-electron chi connectivity index (χ3n) is 5.17. The molecule has 2 aliphatic rings. The Bertz CT molecular complexity index is 1100. The monoisotopic (exact) mass is 469 g/mol. The van der Waals surface area contributed by atoms with Gasteiger partial charge in [0.15, 0.2) is 0 Å². The Labute approximate surface area is 183 Å². The molecule has 0 bridgehead atoms. The summed E-state index contributed by atoms with van der Waals surface area (Å²) in [7, 11) is -3.89. The standard InChI is InChI=1S/C20H17Cl2NO4S2/c21-13-6-7-14(16(22)10-13)17-8-9-18(28-17)29(26,27)23-20(19(24)25)11-15(20)12-4-2-1-3-5-12/h1-8,10,15,18,23H,9,11H2,(H,24,25)/t15-,18?,20+/m1/s1. The fraction of sp³-hybridized carbons (Fsp3) is 0.250. The Morgan fingerprint density at radius 1 is 1.17 bits per heavy atom. The molecule has 29 heavy (non-hydrogen) atoms. The first kappa shape index (κ1) is 20.8. The van der Waals surface area contributed by atoms with E-state index in [-0.39, 0.29) is 18.8 Å². The molecule has 1 aliphatic heterocycles. The zero-order valence-corrected chi connectivity index (χ0v) is 18.2. The molecule has 9 heteroatoms. The minimum Gasteiger partial charge on any atom is -0.480 e. The van der Waals surface area contributed by atoms with Crippen LogP contribution in [0.4, 0.5) is 0 Å². The smallest absolute Gasteiger partial charge is 0.325 e. The van der Waals surface area contributed by atoms with Gasteiger partial charge in [0, 0.05) is 21.4 Å². The number of carbonyl (C=O) groups is 1. The van der Waals surface area contributed by atoms with Gasteiger partial charge >= 0.3 is 5.97 Å². The highest BCUT2D eigenvalue weighted by Gasteiger charge is 2.63. The molecule has 1 fully saturated rings. The number of nitrogens with one attached hydrogen (secondary N) is 1. The van der Waals surface area contributed by atoms with E-state index in [0.29, 0.717) is 15.6 Å². The lowest BCUT2D eigenvalue weighted by Gasteiger charge is -2.19. The molecule has 3 atom stereocenters. The number of carboxylic acid groups (broad SMARTS) is 1. The van der Waals surface area contributed by atoms with E-state index < -0.39 is 26.1 Å². The first-order chi connectivity index (χ1) is 13.7. The van der Waals surface area contributed by atoms with Gasteiger partial charge in [-0.2, -0.15) is 4.72 Å². The van der Waals surface area contributed by atoms with E-state index in [0.717, 1.165) is 22.2 Å². The molecular weight excluding hydrogens is 453 g/mol. The lowest BCUT2D eigenvalue weighted by atomic mass is 10.1. The summed E-state index contributed by atoms with van der Waals surface area (Å²) in [6.45, 7) is 0. The first-order valence-electron chi connectivity index (χ1n) is 8.86. The lowest BCUT2D eigenvalue weighted by molar-refractivity contribution is -0.140. The van der Waals surface area contributed by atoms with Crippen molar-refractivity contribution in [2.45, 2.75) is 28.9 Å².